The molecule has 30 heavy (non-hydrogen) atoms. The summed E-state index contributed by atoms with van der Waals surface area (Å²) in [4.78, 5) is 35.0. The second-order valence-electron chi connectivity index (χ2n) is 7.03. The van der Waals surface area contributed by atoms with Crippen LogP contribution in [0.15, 0.2) is 48.8 Å². The molecule has 0 unspecified atom stereocenters. The zero-order chi connectivity index (χ0) is 20.9. The van der Waals surface area contributed by atoms with Crippen molar-refractivity contribution in [3.63, 3.8) is 0 Å². The fourth-order valence-electron chi connectivity index (χ4n) is 3.45. The number of aromatic nitrogens is 2. The third kappa shape index (κ3) is 4.49. The van der Waals surface area contributed by atoms with Crippen molar-refractivity contribution in [3.05, 3.63) is 70.5 Å². The number of methoxy groups -OCH3 is 1. The molecule has 0 radical (unpaired) electrons. The Kier molecular flexibility index (Phi) is 6.04. The number of nitrogens with zero attached hydrogens (tertiary/aromatic N) is 2. The molecule has 1 aliphatic rings. The SMILES string of the molecule is COc1ccc(C(=O)Nc2nc3c(s2)CCC[C@@H]3C(=O)NCc2cccnc2)cc1. The first kappa shape index (κ1) is 20.0. The number of hydrogen-bond donors (Lipinski definition) is 2. The van der Waals surface area contributed by atoms with E-state index in [1.165, 1.54) is 11.3 Å². The second kappa shape index (κ2) is 9.04. The zero-order valence-electron chi connectivity index (χ0n) is 16.6. The van der Waals surface area contributed by atoms with Crippen LogP contribution in [0.5, 0.6) is 5.75 Å². The fourth-order valence-corrected chi connectivity index (χ4v) is 4.51. The number of thiazole rings is 1. The van der Waals surface area contributed by atoms with E-state index in [0.29, 0.717) is 23.0 Å². The van der Waals surface area contributed by atoms with E-state index >= 15 is 0 Å². The Labute approximate surface area is 178 Å². The van der Waals surface area contributed by atoms with Crippen LogP contribution in [0.4, 0.5) is 5.13 Å². The maximum atomic E-state index is 12.8. The Morgan fingerprint density at radius 3 is 2.80 bits per heavy atom. The minimum Gasteiger partial charge on any atom is -0.497 e. The van der Waals surface area contributed by atoms with E-state index in [2.05, 4.69) is 20.6 Å². The molecule has 8 heteroatoms. The van der Waals surface area contributed by atoms with Gasteiger partial charge >= 0.3 is 0 Å². The van der Waals surface area contributed by atoms with Gasteiger partial charge < -0.3 is 10.1 Å². The zero-order valence-corrected chi connectivity index (χ0v) is 17.4. The maximum Gasteiger partial charge on any atom is 0.257 e. The number of carbonyl (C=O) groups excluding carboxylic acids is 2. The molecule has 0 spiro atoms. The van der Waals surface area contributed by atoms with Crippen LogP contribution in [0.1, 0.15) is 45.3 Å². The lowest BCUT2D eigenvalue weighted by atomic mass is 9.90. The van der Waals surface area contributed by atoms with Crippen LogP contribution < -0.4 is 15.4 Å². The Balaban J connectivity index is 1.44. The lowest BCUT2D eigenvalue weighted by Gasteiger charge is -2.20. The lowest BCUT2D eigenvalue weighted by molar-refractivity contribution is -0.123. The summed E-state index contributed by atoms with van der Waals surface area (Å²) in [7, 11) is 1.58. The van der Waals surface area contributed by atoms with E-state index in [-0.39, 0.29) is 17.7 Å². The molecular formula is C22H22N4O3S. The predicted molar refractivity (Wildman–Crippen MR) is 115 cm³/mol. The maximum absolute atomic E-state index is 12.8. The molecule has 0 saturated carbocycles. The molecule has 0 fully saturated rings. The summed E-state index contributed by atoms with van der Waals surface area (Å²) in [5.74, 6) is 0.115. The van der Waals surface area contributed by atoms with Gasteiger partial charge in [-0.05, 0) is 55.2 Å². The Bertz CT molecular complexity index is 1030. The van der Waals surface area contributed by atoms with E-state index in [1.807, 2.05) is 12.1 Å². The highest BCUT2D eigenvalue weighted by atomic mass is 32.1. The van der Waals surface area contributed by atoms with Gasteiger partial charge in [0.2, 0.25) is 5.91 Å². The number of rotatable bonds is 6. The molecule has 0 bridgehead atoms. The highest BCUT2D eigenvalue weighted by Crippen LogP contribution is 2.37. The van der Waals surface area contributed by atoms with Crippen LogP contribution in [0.3, 0.4) is 0 Å². The van der Waals surface area contributed by atoms with Gasteiger partial charge in [-0.15, -0.1) is 11.3 Å². The summed E-state index contributed by atoms with van der Waals surface area (Å²) in [6.45, 7) is 0.434. The van der Waals surface area contributed by atoms with Gasteiger partial charge in [0.1, 0.15) is 5.75 Å². The Hall–Kier alpha value is -3.26. The molecule has 1 atom stereocenters. The van der Waals surface area contributed by atoms with Gasteiger partial charge in [-0.1, -0.05) is 6.07 Å². The average molecular weight is 423 g/mol. The van der Waals surface area contributed by atoms with Crippen LogP contribution in [0.25, 0.3) is 0 Å². The highest BCUT2D eigenvalue weighted by Gasteiger charge is 2.30. The van der Waals surface area contributed by atoms with Gasteiger partial charge in [0, 0.05) is 29.4 Å². The summed E-state index contributed by atoms with van der Waals surface area (Å²) in [5, 5.41) is 6.36. The van der Waals surface area contributed by atoms with Gasteiger partial charge in [0.05, 0.1) is 18.7 Å². The van der Waals surface area contributed by atoms with Crippen molar-refractivity contribution >= 4 is 28.3 Å². The third-order valence-electron chi connectivity index (χ3n) is 5.03. The van der Waals surface area contributed by atoms with Crippen molar-refractivity contribution in [3.8, 4) is 5.75 Å². The molecule has 2 N–H and O–H groups in total. The number of aryl methyl sites for hydroxylation is 1. The minimum absolute atomic E-state index is 0.0434. The van der Waals surface area contributed by atoms with Crippen LogP contribution in [-0.2, 0) is 17.8 Å². The first-order valence-electron chi connectivity index (χ1n) is 9.75. The second-order valence-corrected chi connectivity index (χ2v) is 8.12. The quantitative estimate of drug-likeness (QED) is 0.634. The molecule has 2 amide bonds. The standard InChI is InChI=1S/C22H22N4O3S/c1-29-16-9-7-15(8-10-16)20(27)26-22-25-19-17(5-2-6-18(19)30-22)21(28)24-13-14-4-3-11-23-12-14/h3-4,7-12,17H,2,5-6,13H2,1H3,(H,24,28)(H,25,26,27)/t17-/m0/s1. The van der Waals surface area contributed by atoms with Crippen LogP contribution in [-0.4, -0.2) is 28.9 Å². The van der Waals surface area contributed by atoms with Crippen molar-refractivity contribution in [2.24, 2.45) is 0 Å². The third-order valence-corrected chi connectivity index (χ3v) is 6.08. The number of hydrogen-bond acceptors (Lipinski definition) is 6. The lowest BCUT2D eigenvalue weighted by Crippen LogP contribution is -2.31. The molecule has 0 aliphatic heterocycles. The Morgan fingerprint density at radius 1 is 1.23 bits per heavy atom. The fraction of sp³-hybridized carbons (Fsp3) is 0.273. The van der Waals surface area contributed by atoms with Crippen LogP contribution in [0, 0.1) is 0 Å². The minimum atomic E-state index is -0.298. The van der Waals surface area contributed by atoms with E-state index in [1.54, 1.807) is 43.8 Å². The van der Waals surface area contributed by atoms with Crippen molar-refractivity contribution in [1.29, 1.82) is 0 Å². The van der Waals surface area contributed by atoms with Gasteiger partial charge in [-0.3, -0.25) is 19.9 Å². The summed E-state index contributed by atoms with van der Waals surface area (Å²) in [6, 6.07) is 10.7. The molecule has 154 valence electrons. The smallest absolute Gasteiger partial charge is 0.257 e. The summed E-state index contributed by atoms with van der Waals surface area (Å²) in [6.07, 6.45) is 5.99. The number of pyridine rings is 1. The van der Waals surface area contributed by atoms with E-state index < -0.39 is 0 Å². The molecule has 4 rings (SSSR count). The first-order chi connectivity index (χ1) is 14.6. The number of fused-ring (bicyclic) bond motifs is 1. The van der Waals surface area contributed by atoms with E-state index in [4.69, 9.17) is 4.74 Å². The molecular weight excluding hydrogens is 400 g/mol. The highest BCUT2D eigenvalue weighted by molar-refractivity contribution is 7.16. The predicted octanol–water partition coefficient (Wildman–Crippen LogP) is 3.54. The summed E-state index contributed by atoms with van der Waals surface area (Å²) in [5.41, 5.74) is 2.25. The number of amides is 2. The topological polar surface area (TPSA) is 93.2 Å². The molecule has 2 aromatic heterocycles. The molecule has 3 aromatic rings. The number of nitrogens with one attached hydrogen (secondary N) is 2. The van der Waals surface area contributed by atoms with E-state index in [9.17, 15) is 9.59 Å². The number of ether oxygens (including phenoxy) is 1. The van der Waals surface area contributed by atoms with Crippen molar-refractivity contribution < 1.29 is 14.3 Å². The summed E-state index contributed by atoms with van der Waals surface area (Å²) >= 11 is 1.44. The van der Waals surface area contributed by atoms with Crippen molar-refractivity contribution in [1.82, 2.24) is 15.3 Å². The molecule has 2 heterocycles. The normalized spacial score (nSPS) is 15.2. The first-order valence-corrected chi connectivity index (χ1v) is 10.6. The molecule has 1 aromatic carbocycles. The largest absolute Gasteiger partial charge is 0.497 e. The number of anilines is 1. The van der Waals surface area contributed by atoms with Crippen LogP contribution in [0.2, 0.25) is 0 Å². The van der Waals surface area contributed by atoms with Gasteiger partial charge in [-0.25, -0.2) is 4.98 Å². The van der Waals surface area contributed by atoms with Crippen molar-refractivity contribution in [2.45, 2.75) is 31.7 Å². The number of carbonyl (C=O) groups is 2. The van der Waals surface area contributed by atoms with E-state index in [0.717, 1.165) is 35.4 Å². The summed E-state index contributed by atoms with van der Waals surface area (Å²) < 4.78 is 5.12. The number of benzene rings is 1. The monoisotopic (exact) mass is 422 g/mol. The van der Waals surface area contributed by atoms with Crippen LogP contribution >= 0.6 is 11.3 Å². The van der Waals surface area contributed by atoms with Crippen molar-refractivity contribution in [2.75, 3.05) is 12.4 Å². The van der Waals surface area contributed by atoms with Gasteiger partial charge in [0.25, 0.3) is 5.91 Å². The molecule has 1 aliphatic carbocycles. The molecule has 7 nitrogen and oxygen atoms in total. The van der Waals surface area contributed by atoms with Gasteiger partial charge in [0.15, 0.2) is 5.13 Å². The molecule has 0 saturated heterocycles. The Morgan fingerprint density at radius 2 is 2.07 bits per heavy atom. The average Bonchev–Trinajstić information content (AvgIpc) is 3.20. The van der Waals surface area contributed by atoms with Gasteiger partial charge in [-0.2, -0.15) is 0 Å².